The Hall–Kier alpha value is -1.50. The van der Waals surface area contributed by atoms with Crippen LogP contribution in [0.2, 0.25) is 0 Å². The van der Waals surface area contributed by atoms with E-state index >= 15 is 0 Å². The summed E-state index contributed by atoms with van der Waals surface area (Å²) in [5, 5.41) is 0.679. The van der Waals surface area contributed by atoms with Crippen molar-refractivity contribution >= 4 is 54.1 Å². The van der Waals surface area contributed by atoms with Gasteiger partial charge in [-0.2, -0.15) is 0 Å². The summed E-state index contributed by atoms with van der Waals surface area (Å²) in [6, 6.07) is 12.4. The monoisotopic (exact) mass is 518 g/mol. The van der Waals surface area contributed by atoms with E-state index in [-0.39, 0.29) is 5.78 Å². The van der Waals surface area contributed by atoms with Crippen molar-refractivity contribution in [1.82, 2.24) is 4.98 Å². The lowest BCUT2D eigenvalue weighted by Gasteiger charge is -2.13. The highest BCUT2D eigenvalue weighted by molar-refractivity contribution is 9.10. The Morgan fingerprint density at radius 3 is 2.18 bits per heavy atom. The molecule has 1 aromatic heterocycles. The number of rotatable bonds is 0. The van der Waals surface area contributed by atoms with E-state index in [0.29, 0.717) is 11.6 Å². The molecule has 2 aromatic carbocycles. The summed E-state index contributed by atoms with van der Waals surface area (Å²) in [6.45, 7) is 0. The lowest BCUT2D eigenvalue weighted by Crippen LogP contribution is -2.10. The third kappa shape index (κ3) is 4.24. The van der Waals surface area contributed by atoms with Crippen molar-refractivity contribution in [1.29, 1.82) is 0 Å². The number of hydrogen-bond acceptors (Lipinski definition) is 4. The number of thiazole rings is 1. The molecule has 2 N–H and O–H groups in total. The number of halogens is 2. The average molecular weight is 520 g/mol. The number of anilines is 1. The molecule has 0 radical (unpaired) electrons. The maximum atomic E-state index is 11.4. The van der Waals surface area contributed by atoms with Gasteiger partial charge in [0.1, 0.15) is 0 Å². The first-order valence-corrected chi connectivity index (χ1v) is 11.8. The summed E-state index contributed by atoms with van der Waals surface area (Å²) in [5.41, 5.74) is 11.8. The average Bonchev–Trinajstić information content (AvgIpc) is 2.96. The Balaban J connectivity index is 0.000000143. The van der Waals surface area contributed by atoms with Gasteiger partial charge in [0.2, 0.25) is 0 Å². The van der Waals surface area contributed by atoms with Crippen molar-refractivity contribution in [3.8, 4) is 10.4 Å². The standard InChI is InChI=1S/C12H11BrN2S.C10H9BrO/c13-8-5-4-7-2-1-3-10-11(9(7)6-8)16-12(14)15-10;11-8-5-4-7-2-1-3-10(12)9(7)6-8/h4-6H,1-3H2,(H2,14,15);4-6H,1-3H2. The predicted molar refractivity (Wildman–Crippen MR) is 123 cm³/mol. The van der Waals surface area contributed by atoms with Crippen LogP contribution in [0, 0.1) is 0 Å². The molecule has 2 aliphatic rings. The first-order valence-electron chi connectivity index (χ1n) is 9.37. The van der Waals surface area contributed by atoms with Crippen molar-refractivity contribution in [2.75, 3.05) is 5.73 Å². The largest absolute Gasteiger partial charge is 0.375 e. The maximum Gasteiger partial charge on any atom is 0.180 e. The van der Waals surface area contributed by atoms with Gasteiger partial charge in [0.25, 0.3) is 0 Å². The number of hydrogen-bond donors (Lipinski definition) is 1. The van der Waals surface area contributed by atoms with Crippen molar-refractivity contribution in [2.45, 2.75) is 38.5 Å². The van der Waals surface area contributed by atoms with E-state index in [4.69, 9.17) is 5.73 Å². The number of nitrogens with zero attached hydrogens (tertiary/aromatic N) is 1. The van der Waals surface area contributed by atoms with Crippen molar-refractivity contribution < 1.29 is 4.79 Å². The summed E-state index contributed by atoms with van der Waals surface area (Å²) in [6.07, 6.45) is 6.09. The number of benzene rings is 2. The Kier molecular flexibility index (Phi) is 5.99. The van der Waals surface area contributed by atoms with Crippen molar-refractivity contribution in [2.24, 2.45) is 0 Å². The highest BCUT2D eigenvalue weighted by Crippen LogP contribution is 2.38. The van der Waals surface area contributed by atoms with Gasteiger partial charge in [0, 0.05) is 20.9 Å². The van der Waals surface area contributed by atoms with Crippen LogP contribution in [0.25, 0.3) is 10.4 Å². The smallest absolute Gasteiger partial charge is 0.180 e. The van der Waals surface area contributed by atoms with E-state index in [1.54, 1.807) is 11.3 Å². The van der Waals surface area contributed by atoms with Crippen molar-refractivity contribution in [3.05, 3.63) is 67.7 Å². The molecule has 1 heterocycles. The molecule has 0 saturated carbocycles. The minimum atomic E-state index is 0.289. The lowest BCUT2D eigenvalue weighted by molar-refractivity contribution is 0.0972. The second-order valence-electron chi connectivity index (χ2n) is 7.06. The summed E-state index contributed by atoms with van der Waals surface area (Å²) in [5.74, 6) is 0.289. The molecule has 6 heteroatoms. The van der Waals surface area contributed by atoms with E-state index in [0.717, 1.165) is 46.6 Å². The molecule has 3 nitrogen and oxygen atoms in total. The second kappa shape index (κ2) is 8.47. The van der Waals surface area contributed by atoms with Crippen LogP contribution >= 0.6 is 43.2 Å². The zero-order valence-electron chi connectivity index (χ0n) is 15.3. The topological polar surface area (TPSA) is 56.0 Å². The van der Waals surface area contributed by atoms with Gasteiger partial charge in [-0.3, -0.25) is 4.79 Å². The number of aromatic nitrogens is 1. The fraction of sp³-hybridized carbons (Fsp3) is 0.273. The van der Waals surface area contributed by atoms with Gasteiger partial charge < -0.3 is 5.73 Å². The SMILES string of the molecule is Nc1nc2c(s1)-c1cc(Br)ccc1CCC2.O=C1CCCc2ccc(Br)cc21. The number of ketones is 1. The molecule has 0 fully saturated rings. The molecule has 28 heavy (non-hydrogen) atoms. The van der Waals surface area contributed by atoms with Gasteiger partial charge in [-0.15, -0.1) is 0 Å². The normalized spacial score (nSPS) is 14.9. The molecule has 144 valence electrons. The molecule has 0 spiro atoms. The lowest BCUT2D eigenvalue weighted by atomic mass is 9.91. The van der Waals surface area contributed by atoms with Crippen LogP contribution in [-0.2, 0) is 19.3 Å². The van der Waals surface area contributed by atoms with Gasteiger partial charge in [0.05, 0.1) is 10.6 Å². The number of carbonyl (C=O) groups is 1. The molecule has 3 aromatic rings. The zero-order valence-corrected chi connectivity index (χ0v) is 19.3. The Morgan fingerprint density at radius 1 is 0.857 bits per heavy atom. The number of fused-ring (bicyclic) bond motifs is 4. The first-order chi connectivity index (χ1) is 13.5. The summed E-state index contributed by atoms with van der Waals surface area (Å²) in [4.78, 5) is 17.1. The third-order valence-electron chi connectivity index (χ3n) is 5.11. The van der Waals surface area contributed by atoms with E-state index in [1.165, 1.54) is 27.3 Å². The van der Waals surface area contributed by atoms with E-state index in [1.807, 2.05) is 18.2 Å². The molecule has 0 amide bonds. The molecule has 0 bridgehead atoms. The van der Waals surface area contributed by atoms with Gasteiger partial charge in [0.15, 0.2) is 10.9 Å². The van der Waals surface area contributed by atoms with E-state index in [2.05, 4.69) is 55.0 Å². The minimum Gasteiger partial charge on any atom is -0.375 e. The number of nitrogens with two attached hydrogens (primary N) is 1. The Morgan fingerprint density at radius 2 is 1.46 bits per heavy atom. The predicted octanol–water partition coefficient (Wildman–Crippen LogP) is 6.61. The molecule has 0 aliphatic heterocycles. The second-order valence-corrected chi connectivity index (χ2v) is 9.92. The minimum absolute atomic E-state index is 0.289. The van der Waals surface area contributed by atoms with Gasteiger partial charge in [-0.25, -0.2) is 4.98 Å². The summed E-state index contributed by atoms with van der Waals surface area (Å²) < 4.78 is 2.11. The van der Waals surface area contributed by atoms with Crippen LogP contribution in [0.5, 0.6) is 0 Å². The van der Waals surface area contributed by atoms with Crippen LogP contribution in [0.3, 0.4) is 0 Å². The van der Waals surface area contributed by atoms with Gasteiger partial charge in [-0.05, 0) is 73.1 Å². The fourth-order valence-corrected chi connectivity index (χ4v) is 5.43. The molecule has 2 aliphatic carbocycles. The highest BCUT2D eigenvalue weighted by Gasteiger charge is 2.18. The zero-order chi connectivity index (χ0) is 19.7. The van der Waals surface area contributed by atoms with Crippen LogP contribution in [-0.4, -0.2) is 10.8 Å². The Bertz CT molecular complexity index is 1050. The summed E-state index contributed by atoms with van der Waals surface area (Å²) in [7, 11) is 0. The maximum absolute atomic E-state index is 11.4. The molecule has 5 rings (SSSR count). The van der Waals surface area contributed by atoms with Crippen LogP contribution < -0.4 is 5.73 Å². The van der Waals surface area contributed by atoms with Crippen LogP contribution in [0.4, 0.5) is 5.13 Å². The first kappa shape index (κ1) is 19.8. The molecule has 0 saturated heterocycles. The molecule has 0 unspecified atom stereocenters. The molecular formula is C22H20Br2N2OS. The number of nitrogen functional groups attached to an aromatic ring is 1. The molecular weight excluding hydrogens is 500 g/mol. The Labute approximate surface area is 185 Å². The van der Waals surface area contributed by atoms with Crippen LogP contribution in [0.15, 0.2) is 45.3 Å². The fourth-order valence-electron chi connectivity index (χ4n) is 3.77. The number of carbonyl (C=O) groups excluding carboxylic acids is 1. The van der Waals surface area contributed by atoms with E-state index < -0.39 is 0 Å². The third-order valence-corrected chi connectivity index (χ3v) is 7.06. The molecule has 0 atom stereocenters. The number of aryl methyl sites for hydroxylation is 3. The van der Waals surface area contributed by atoms with Crippen molar-refractivity contribution in [3.63, 3.8) is 0 Å². The quantitative estimate of drug-likeness (QED) is 0.363. The highest BCUT2D eigenvalue weighted by atomic mass is 79.9. The van der Waals surface area contributed by atoms with Gasteiger partial charge >= 0.3 is 0 Å². The summed E-state index contributed by atoms with van der Waals surface area (Å²) >= 11 is 8.49. The van der Waals surface area contributed by atoms with Crippen LogP contribution in [0.1, 0.15) is 46.4 Å². The van der Waals surface area contributed by atoms with E-state index in [9.17, 15) is 4.79 Å². The van der Waals surface area contributed by atoms with Gasteiger partial charge in [-0.1, -0.05) is 55.3 Å². The number of Topliss-reactive ketones (excluding diaryl/α,β-unsaturated/α-hetero) is 1.